The minimum Gasteiger partial charge on any atom is -0.458 e. The van der Waals surface area contributed by atoms with Crippen LogP contribution in [0.4, 0.5) is 22.4 Å². The zero-order valence-electron chi connectivity index (χ0n) is 18.0. The molecule has 1 amide bonds. The van der Waals surface area contributed by atoms with Crippen LogP contribution in [0.25, 0.3) is 0 Å². The number of benzene rings is 1. The maximum Gasteiger partial charge on any atom is 0.416 e. The van der Waals surface area contributed by atoms with Crippen LogP contribution in [-0.2, 0) is 17.3 Å². The van der Waals surface area contributed by atoms with E-state index in [9.17, 15) is 22.4 Å². The maximum atomic E-state index is 13.1. The first-order valence-electron chi connectivity index (χ1n) is 10.2. The Hall–Kier alpha value is -2.91. The minimum atomic E-state index is -4.38. The average molecular weight is 455 g/mol. The van der Waals surface area contributed by atoms with Gasteiger partial charge in [-0.25, -0.2) is 19.2 Å². The Balaban J connectivity index is 1.69. The number of carbonyl (C=O) groups excluding carboxylic acids is 1. The number of ether oxygens (including phenoxy) is 2. The van der Waals surface area contributed by atoms with Crippen molar-refractivity contribution in [3.8, 4) is 6.01 Å². The molecule has 1 aromatic heterocycles. The Morgan fingerprint density at radius 2 is 1.72 bits per heavy atom. The summed E-state index contributed by atoms with van der Waals surface area (Å²) in [5, 5.41) is 0. The molecule has 10 heteroatoms. The topological polar surface area (TPSA) is 64.5 Å². The second kappa shape index (κ2) is 9.30. The third-order valence-corrected chi connectivity index (χ3v) is 4.97. The highest BCUT2D eigenvalue weighted by atomic mass is 19.4. The fraction of sp³-hybridized carbons (Fsp3) is 0.500. The van der Waals surface area contributed by atoms with Crippen molar-refractivity contribution in [3.63, 3.8) is 0 Å². The molecule has 0 spiro atoms. The lowest BCUT2D eigenvalue weighted by atomic mass is 9.96. The number of likely N-dealkylation sites (tertiary alicyclic amines) is 1. The number of halogens is 4. The third-order valence-electron chi connectivity index (χ3n) is 4.97. The fourth-order valence-electron chi connectivity index (χ4n) is 3.44. The monoisotopic (exact) mass is 455 g/mol. The predicted molar refractivity (Wildman–Crippen MR) is 107 cm³/mol. The molecule has 2 aromatic rings. The van der Waals surface area contributed by atoms with Crippen LogP contribution in [0.15, 0.2) is 36.7 Å². The van der Waals surface area contributed by atoms with Crippen LogP contribution >= 0.6 is 0 Å². The summed E-state index contributed by atoms with van der Waals surface area (Å²) < 4.78 is 62.7. The van der Waals surface area contributed by atoms with E-state index in [4.69, 9.17) is 9.47 Å². The quantitative estimate of drug-likeness (QED) is 0.602. The molecule has 0 N–H and O–H groups in total. The molecular weight excluding hydrogens is 430 g/mol. The summed E-state index contributed by atoms with van der Waals surface area (Å²) in [7, 11) is 0. The van der Waals surface area contributed by atoms with Crippen LogP contribution in [0.3, 0.4) is 0 Å². The Kier molecular flexibility index (Phi) is 6.90. The van der Waals surface area contributed by atoms with E-state index in [2.05, 4.69) is 9.97 Å². The largest absolute Gasteiger partial charge is 0.458 e. The molecule has 0 saturated carbocycles. The normalized spacial score (nSPS) is 19.2. The maximum absolute atomic E-state index is 13.1. The Labute approximate surface area is 183 Å². The molecular formula is C22H25F4N3O3. The SMILES string of the molecule is CC(C)(C)OC(=O)N1C[C@@H](CCc2ccc(C(F)(F)F)cc2)[C@H](Oc2ncc(F)cn2)C1. The summed E-state index contributed by atoms with van der Waals surface area (Å²) in [5.74, 6) is -0.739. The second-order valence-corrected chi connectivity index (χ2v) is 8.72. The van der Waals surface area contributed by atoms with Gasteiger partial charge >= 0.3 is 18.3 Å². The van der Waals surface area contributed by atoms with Crippen molar-refractivity contribution in [3.05, 3.63) is 53.6 Å². The van der Waals surface area contributed by atoms with Gasteiger partial charge in [0.05, 0.1) is 24.5 Å². The third kappa shape index (κ3) is 6.54. The van der Waals surface area contributed by atoms with Gasteiger partial charge in [-0.15, -0.1) is 0 Å². The molecule has 2 atom stereocenters. The smallest absolute Gasteiger partial charge is 0.416 e. The zero-order valence-corrected chi connectivity index (χ0v) is 18.0. The summed E-state index contributed by atoms with van der Waals surface area (Å²) >= 11 is 0. The van der Waals surface area contributed by atoms with Crippen LogP contribution in [0.2, 0.25) is 0 Å². The van der Waals surface area contributed by atoms with Crippen LogP contribution in [0, 0.1) is 11.7 Å². The summed E-state index contributed by atoms with van der Waals surface area (Å²) in [5.41, 5.74) is -0.621. The number of amides is 1. The van der Waals surface area contributed by atoms with Crippen molar-refractivity contribution >= 4 is 6.09 Å². The van der Waals surface area contributed by atoms with Crippen LogP contribution in [-0.4, -0.2) is 45.8 Å². The highest BCUT2D eigenvalue weighted by Gasteiger charge is 2.39. The first-order valence-corrected chi connectivity index (χ1v) is 10.2. The average Bonchev–Trinajstić information content (AvgIpc) is 3.09. The Morgan fingerprint density at radius 1 is 1.09 bits per heavy atom. The molecule has 1 saturated heterocycles. The zero-order chi connectivity index (χ0) is 23.5. The molecule has 0 unspecified atom stereocenters. The molecule has 1 fully saturated rings. The van der Waals surface area contributed by atoms with Crippen molar-refractivity contribution in [2.45, 2.75) is 51.5 Å². The van der Waals surface area contributed by atoms with Gasteiger partial charge in [-0.05, 0) is 51.3 Å². The highest BCUT2D eigenvalue weighted by molar-refractivity contribution is 5.68. The summed E-state index contributed by atoms with van der Waals surface area (Å²) in [6.07, 6.45) is -2.32. The molecule has 0 aliphatic carbocycles. The molecule has 1 aliphatic heterocycles. The van der Waals surface area contributed by atoms with Crippen molar-refractivity contribution < 1.29 is 31.8 Å². The van der Waals surface area contributed by atoms with Gasteiger partial charge in [-0.3, -0.25) is 0 Å². The van der Waals surface area contributed by atoms with Gasteiger partial charge in [-0.2, -0.15) is 13.2 Å². The lowest BCUT2D eigenvalue weighted by molar-refractivity contribution is -0.137. The predicted octanol–water partition coefficient (Wildman–Crippen LogP) is 4.88. The minimum absolute atomic E-state index is 0.0121. The number of alkyl halides is 3. The van der Waals surface area contributed by atoms with Gasteiger partial charge in [0.2, 0.25) is 0 Å². The number of aromatic nitrogens is 2. The van der Waals surface area contributed by atoms with E-state index in [1.54, 1.807) is 20.8 Å². The molecule has 1 aromatic carbocycles. The Morgan fingerprint density at radius 3 is 2.28 bits per heavy atom. The van der Waals surface area contributed by atoms with Gasteiger partial charge in [-0.1, -0.05) is 12.1 Å². The number of rotatable bonds is 5. The van der Waals surface area contributed by atoms with E-state index >= 15 is 0 Å². The van der Waals surface area contributed by atoms with Gasteiger partial charge in [0.15, 0.2) is 5.82 Å². The van der Waals surface area contributed by atoms with E-state index in [1.165, 1.54) is 17.0 Å². The first-order chi connectivity index (χ1) is 14.9. The second-order valence-electron chi connectivity index (χ2n) is 8.72. The molecule has 2 heterocycles. The summed E-state index contributed by atoms with van der Waals surface area (Å²) in [6.45, 7) is 5.88. The van der Waals surface area contributed by atoms with E-state index in [0.717, 1.165) is 30.1 Å². The van der Waals surface area contributed by atoms with Crippen molar-refractivity contribution in [2.75, 3.05) is 13.1 Å². The van der Waals surface area contributed by atoms with Gasteiger partial charge in [0.1, 0.15) is 11.7 Å². The number of hydrogen-bond donors (Lipinski definition) is 0. The van der Waals surface area contributed by atoms with E-state index in [-0.39, 0.29) is 18.5 Å². The number of carbonyl (C=O) groups is 1. The van der Waals surface area contributed by atoms with Crippen LogP contribution < -0.4 is 4.74 Å². The molecule has 0 radical (unpaired) electrons. The standard InChI is InChI=1S/C22H25F4N3O3/c1-21(2,3)32-20(30)29-12-15(18(13-29)31-19-27-10-17(23)11-28-19)7-4-14-5-8-16(9-6-14)22(24,25)26/h5-6,8-11,15,18H,4,7,12-13H2,1-3H3/t15-,18-/m1/s1. The van der Waals surface area contributed by atoms with Crippen molar-refractivity contribution in [1.29, 1.82) is 0 Å². The molecule has 6 nitrogen and oxygen atoms in total. The molecule has 1 aliphatic rings. The van der Waals surface area contributed by atoms with Gasteiger partial charge in [0.25, 0.3) is 0 Å². The lowest BCUT2D eigenvalue weighted by Gasteiger charge is -2.24. The van der Waals surface area contributed by atoms with Crippen molar-refractivity contribution in [1.82, 2.24) is 14.9 Å². The fourth-order valence-corrected chi connectivity index (χ4v) is 3.44. The molecule has 32 heavy (non-hydrogen) atoms. The first kappa shape index (κ1) is 23.7. The lowest BCUT2D eigenvalue weighted by Crippen LogP contribution is -2.36. The summed E-state index contributed by atoms with van der Waals surface area (Å²) in [4.78, 5) is 21.7. The van der Waals surface area contributed by atoms with E-state index < -0.39 is 35.4 Å². The van der Waals surface area contributed by atoms with E-state index in [1.807, 2.05) is 0 Å². The van der Waals surface area contributed by atoms with Crippen LogP contribution in [0.1, 0.15) is 38.3 Å². The number of hydrogen-bond acceptors (Lipinski definition) is 5. The summed E-state index contributed by atoms with van der Waals surface area (Å²) in [6, 6.07) is 4.99. The van der Waals surface area contributed by atoms with E-state index in [0.29, 0.717) is 19.4 Å². The number of aryl methyl sites for hydroxylation is 1. The van der Waals surface area contributed by atoms with Crippen molar-refractivity contribution in [2.24, 2.45) is 5.92 Å². The Bertz CT molecular complexity index is 912. The number of nitrogens with zero attached hydrogens (tertiary/aromatic N) is 3. The molecule has 174 valence electrons. The molecule has 0 bridgehead atoms. The molecule has 3 rings (SSSR count). The van der Waals surface area contributed by atoms with Gasteiger partial charge < -0.3 is 14.4 Å². The van der Waals surface area contributed by atoms with Gasteiger partial charge in [0, 0.05) is 12.5 Å². The van der Waals surface area contributed by atoms with Crippen LogP contribution in [0.5, 0.6) is 6.01 Å². The highest BCUT2D eigenvalue weighted by Crippen LogP contribution is 2.30.